The summed E-state index contributed by atoms with van der Waals surface area (Å²) < 4.78 is 0. The molecule has 0 bridgehead atoms. The van der Waals surface area contributed by atoms with E-state index in [2.05, 4.69) is 0 Å². The van der Waals surface area contributed by atoms with E-state index in [0.717, 1.165) is 5.56 Å². The molecule has 0 saturated carbocycles. The lowest BCUT2D eigenvalue weighted by Gasteiger charge is -2.24. The van der Waals surface area contributed by atoms with Crippen molar-refractivity contribution in [1.29, 1.82) is 0 Å². The van der Waals surface area contributed by atoms with Crippen LogP contribution in [0.25, 0.3) is 0 Å². The Morgan fingerprint density at radius 1 is 1.47 bits per heavy atom. The fourth-order valence-corrected chi connectivity index (χ4v) is 2.27. The van der Waals surface area contributed by atoms with Gasteiger partial charge < -0.3 is 21.2 Å². The summed E-state index contributed by atoms with van der Waals surface area (Å²) in [6.07, 6.45) is 1.14. The number of hydrogen-bond donors (Lipinski definition) is 2. The minimum Gasteiger partial charge on any atom is -0.399 e. The van der Waals surface area contributed by atoms with Crippen molar-refractivity contribution in [2.75, 3.05) is 5.73 Å². The zero-order chi connectivity index (χ0) is 14.0. The van der Waals surface area contributed by atoms with Crippen LogP contribution in [-0.2, 0) is 16.1 Å². The van der Waals surface area contributed by atoms with Crippen molar-refractivity contribution in [3.05, 3.63) is 29.3 Å². The fraction of sp³-hybridized carbons (Fsp3) is 0.308. The number of nitrogens with zero attached hydrogens (tertiary/aromatic N) is 1. The van der Waals surface area contributed by atoms with Gasteiger partial charge in [0.05, 0.1) is 0 Å². The van der Waals surface area contributed by atoms with Crippen molar-refractivity contribution in [3.8, 4) is 0 Å². The molecule has 1 aliphatic heterocycles. The molecule has 1 heterocycles. The number of amides is 2. The van der Waals surface area contributed by atoms with Crippen LogP contribution in [0.1, 0.15) is 28.8 Å². The SMILES string of the molecule is NC(=O)C(CCC=O)N1Cc2ccc(N)cc2C1=O. The molecule has 6 nitrogen and oxygen atoms in total. The second kappa shape index (κ2) is 5.09. The van der Waals surface area contributed by atoms with Crippen LogP contribution in [0.3, 0.4) is 0 Å². The predicted octanol–water partition coefficient (Wildman–Crippen LogP) is 0.0576. The molecular weight excluding hydrogens is 246 g/mol. The van der Waals surface area contributed by atoms with E-state index in [4.69, 9.17) is 11.5 Å². The average Bonchev–Trinajstić information content (AvgIpc) is 2.67. The second-order valence-electron chi connectivity index (χ2n) is 4.51. The van der Waals surface area contributed by atoms with Gasteiger partial charge in [0, 0.05) is 24.2 Å². The van der Waals surface area contributed by atoms with Gasteiger partial charge in [-0.3, -0.25) is 9.59 Å². The molecule has 0 aliphatic carbocycles. The lowest BCUT2D eigenvalue weighted by molar-refractivity contribution is -0.122. The highest BCUT2D eigenvalue weighted by atomic mass is 16.2. The number of benzene rings is 1. The third-order valence-electron chi connectivity index (χ3n) is 3.23. The Kier molecular flexibility index (Phi) is 3.50. The lowest BCUT2D eigenvalue weighted by atomic mass is 10.1. The Hall–Kier alpha value is -2.37. The molecule has 19 heavy (non-hydrogen) atoms. The van der Waals surface area contributed by atoms with Gasteiger partial charge in [-0.2, -0.15) is 0 Å². The van der Waals surface area contributed by atoms with Crippen LogP contribution >= 0.6 is 0 Å². The third-order valence-corrected chi connectivity index (χ3v) is 3.23. The van der Waals surface area contributed by atoms with Crippen LogP contribution in [0.4, 0.5) is 5.69 Å². The van der Waals surface area contributed by atoms with Crippen molar-refractivity contribution in [2.45, 2.75) is 25.4 Å². The van der Waals surface area contributed by atoms with Crippen molar-refractivity contribution in [3.63, 3.8) is 0 Å². The summed E-state index contributed by atoms with van der Waals surface area (Å²) in [5.74, 6) is -0.868. The monoisotopic (exact) mass is 261 g/mol. The molecular formula is C13H15N3O3. The maximum atomic E-state index is 12.2. The molecule has 0 fully saturated rings. The summed E-state index contributed by atoms with van der Waals surface area (Å²) in [5, 5.41) is 0. The number of anilines is 1. The number of primary amides is 1. The van der Waals surface area contributed by atoms with E-state index in [-0.39, 0.29) is 18.7 Å². The second-order valence-corrected chi connectivity index (χ2v) is 4.51. The van der Waals surface area contributed by atoms with Gasteiger partial charge in [0.2, 0.25) is 5.91 Å². The summed E-state index contributed by atoms with van der Waals surface area (Å²) in [6, 6.07) is 4.31. The molecule has 0 spiro atoms. The number of hydrogen-bond acceptors (Lipinski definition) is 4. The van der Waals surface area contributed by atoms with Gasteiger partial charge in [0.1, 0.15) is 12.3 Å². The quantitative estimate of drug-likeness (QED) is 0.577. The number of carbonyl (C=O) groups excluding carboxylic acids is 3. The topological polar surface area (TPSA) is 106 Å². The van der Waals surface area contributed by atoms with E-state index in [1.165, 1.54) is 4.90 Å². The van der Waals surface area contributed by atoms with Crippen molar-refractivity contribution < 1.29 is 14.4 Å². The fourth-order valence-electron chi connectivity index (χ4n) is 2.27. The highest BCUT2D eigenvalue weighted by Crippen LogP contribution is 2.27. The lowest BCUT2D eigenvalue weighted by Crippen LogP contribution is -2.44. The van der Waals surface area contributed by atoms with Gasteiger partial charge >= 0.3 is 0 Å². The van der Waals surface area contributed by atoms with E-state index < -0.39 is 11.9 Å². The summed E-state index contributed by atoms with van der Waals surface area (Å²) in [7, 11) is 0. The molecule has 1 aromatic rings. The van der Waals surface area contributed by atoms with Crippen molar-refractivity contribution in [1.82, 2.24) is 4.90 Å². The zero-order valence-electron chi connectivity index (χ0n) is 10.3. The van der Waals surface area contributed by atoms with E-state index in [0.29, 0.717) is 24.1 Å². The largest absolute Gasteiger partial charge is 0.399 e. The first-order valence-corrected chi connectivity index (χ1v) is 5.97. The molecule has 1 unspecified atom stereocenters. The molecule has 0 saturated heterocycles. The van der Waals surface area contributed by atoms with Gasteiger partial charge in [-0.15, -0.1) is 0 Å². The van der Waals surface area contributed by atoms with Crippen LogP contribution in [0, 0.1) is 0 Å². The molecule has 100 valence electrons. The van der Waals surface area contributed by atoms with Crippen LogP contribution in [0.15, 0.2) is 18.2 Å². The van der Waals surface area contributed by atoms with Crippen LogP contribution in [-0.4, -0.2) is 29.0 Å². The minimum atomic E-state index is -0.758. The normalized spacial score (nSPS) is 15.2. The van der Waals surface area contributed by atoms with Gasteiger partial charge in [-0.1, -0.05) is 6.07 Å². The molecule has 1 aromatic carbocycles. The Bertz CT molecular complexity index is 542. The number of nitrogen functional groups attached to an aromatic ring is 1. The summed E-state index contributed by atoms with van der Waals surface area (Å²) in [6.45, 7) is 0.320. The predicted molar refractivity (Wildman–Crippen MR) is 69.0 cm³/mol. The van der Waals surface area contributed by atoms with E-state index in [1.54, 1.807) is 18.2 Å². The van der Waals surface area contributed by atoms with E-state index >= 15 is 0 Å². The van der Waals surface area contributed by atoms with E-state index in [1.807, 2.05) is 0 Å². The molecule has 1 atom stereocenters. The van der Waals surface area contributed by atoms with Gasteiger partial charge in [0.25, 0.3) is 5.91 Å². The maximum Gasteiger partial charge on any atom is 0.255 e. The Balaban J connectivity index is 2.26. The van der Waals surface area contributed by atoms with Crippen LogP contribution < -0.4 is 11.5 Å². The van der Waals surface area contributed by atoms with Gasteiger partial charge in [-0.25, -0.2) is 0 Å². The molecule has 2 amide bonds. The van der Waals surface area contributed by atoms with Crippen LogP contribution in [0.5, 0.6) is 0 Å². The zero-order valence-corrected chi connectivity index (χ0v) is 10.3. The summed E-state index contributed by atoms with van der Waals surface area (Å²) in [4.78, 5) is 35.5. The number of carbonyl (C=O) groups is 3. The smallest absolute Gasteiger partial charge is 0.255 e. The maximum absolute atomic E-state index is 12.2. The van der Waals surface area contributed by atoms with Gasteiger partial charge in [-0.05, 0) is 24.1 Å². The first-order valence-electron chi connectivity index (χ1n) is 5.97. The van der Waals surface area contributed by atoms with Crippen molar-refractivity contribution >= 4 is 23.8 Å². The highest BCUT2D eigenvalue weighted by molar-refractivity contribution is 6.01. The summed E-state index contributed by atoms with van der Waals surface area (Å²) >= 11 is 0. The Morgan fingerprint density at radius 2 is 2.21 bits per heavy atom. The molecule has 4 N–H and O–H groups in total. The highest BCUT2D eigenvalue weighted by Gasteiger charge is 2.35. The van der Waals surface area contributed by atoms with Crippen molar-refractivity contribution in [2.24, 2.45) is 5.73 Å². The average molecular weight is 261 g/mol. The van der Waals surface area contributed by atoms with E-state index in [9.17, 15) is 14.4 Å². The summed E-state index contributed by atoms with van der Waals surface area (Å²) in [5.41, 5.74) is 12.8. The first kappa shape index (κ1) is 13.1. The number of rotatable bonds is 5. The Morgan fingerprint density at radius 3 is 2.84 bits per heavy atom. The third kappa shape index (κ3) is 2.42. The molecule has 6 heteroatoms. The van der Waals surface area contributed by atoms with Gasteiger partial charge in [0.15, 0.2) is 0 Å². The number of aldehydes is 1. The minimum absolute atomic E-state index is 0.190. The molecule has 1 aliphatic rings. The molecule has 2 rings (SSSR count). The number of fused-ring (bicyclic) bond motifs is 1. The Labute approximate surface area is 110 Å². The number of nitrogens with two attached hydrogens (primary N) is 2. The first-order chi connectivity index (χ1) is 9.04. The standard InChI is InChI=1S/C13H15N3O3/c14-9-4-3-8-7-16(13(19)10(8)6-9)11(12(15)18)2-1-5-17/h3-6,11H,1-2,7,14H2,(H2,15,18). The molecule has 0 aromatic heterocycles. The van der Waals surface area contributed by atoms with Crippen LogP contribution in [0.2, 0.25) is 0 Å². The molecule has 0 radical (unpaired) electrons.